The summed E-state index contributed by atoms with van der Waals surface area (Å²) in [6, 6.07) is -0.948. The summed E-state index contributed by atoms with van der Waals surface area (Å²) in [5, 5.41) is 13.3. The first-order valence-electron chi connectivity index (χ1n) is 4.86. The van der Waals surface area contributed by atoms with Crippen LogP contribution in [0.15, 0.2) is 18.0 Å². The lowest BCUT2D eigenvalue weighted by atomic mass is 10.2. The zero-order valence-electron chi connectivity index (χ0n) is 9.05. The van der Waals surface area contributed by atoms with Crippen LogP contribution in [0.5, 0.6) is 0 Å². The second-order valence-corrected chi connectivity index (χ2v) is 4.23. The van der Waals surface area contributed by atoms with Gasteiger partial charge in [-0.2, -0.15) is 0 Å². The van der Waals surface area contributed by atoms with Crippen molar-refractivity contribution in [3.05, 3.63) is 23.7 Å². The smallest absolute Gasteiger partial charge is 0.326 e. The lowest BCUT2D eigenvalue weighted by molar-refractivity contribution is -0.141. The molecule has 0 spiro atoms. The highest BCUT2D eigenvalue weighted by Gasteiger charge is 2.18. The number of nitrogens with two attached hydrogens (primary N) is 1. The molecule has 0 radical (unpaired) electrons. The molecule has 1 rings (SSSR count). The van der Waals surface area contributed by atoms with E-state index in [9.17, 15) is 9.59 Å². The Morgan fingerprint density at radius 3 is 2.88 bits per heavy atom. The molecule has 17 heavy (non-hydrogen) atoms. The second-order valence-electron chi connectivity index (χ2n) is 3.34. The topological polar surface area (TPSA) is 105 Å². The third-order valence-corrected chi connectivity index (χ3v) is 2.67. The average molecular weight is 255 g/mol. The van der Waals surface area contributed by atoms with Gasteiger partial charge in [0.1, 0.15) is 6.04 Å². The van der Waals surface area contributed by atoms with Crippen LogP contribution in [0.3, 0.4) is 0 Å². The van der Waals surface area contributed by atoms with E-state index in [1.54, 1.807) is 5.38 Å². The van der Waals surface area contributed by atoms with Crippen molar-refractivity contribution in [2.24, 2.45) is 0 Å². The molecule has 6 nitrogen and oxygen atoms in total. The summed E-state index contributed by atoms with van der Waals surface area (Å²) in [5.41, 5.74) is 5.95. The number of carboxylic acid groups (broad SMARTS) is 1. The van der Waals surface area contributed by atoms with Gasteiger partial charge in [0.25, 0.3) is 0 Å². The molecular weight excluding hydrogens is 242 g/mol. The van der Waals surface area contributed by atoms with Crippen molar-refractivity contribution in [3.8, 4) is 0 Å². The third-order valence-electron chi connectivity index (χ3n) is 1.95. The van der Waals surface area contributed by atoms with Crippen LogP contribution in [-0.2, 0) is 16.0 Å². The molecule has 7 heteroatoms. The summed E-state index contributed by atoms with van der Waals surface area (Å²) in [6.07, 6.45) is 1.65. The molecule has 1 heterocycles. The van der Waals surface area contributed by atoms with E-state index in [1.807, 2.05) is 0 Å². The number of aromatic nitrogens is 1. The van der Waals surface area contributed by atoms with E-state index in [4.69, 9.17) is 10.8 Å². The van der Waals surface area contributed by atoms with Gasteiger partial charge in [-0.25, -0.2) is 9.78 Å². The van der Waals surface area contributed by atoms with Gasteiger partial charge in [0.05, 0.1) is 12.1 Å². The Hall–Kier alpha value is -1.89. The standard InChI is InChI=1S/C10H13N3O3S/c1-2-3-7(9(15)16)13-8(14)4-6-5-17-10(11)12-6/h2,5,7H,1,3-4H2,(H2,11,12)(H,13,14)(H,15,16). The van der Waals surface area contributed by atoms with Crippen LogP contribution in [0.1, 0.15) is 12.1 Å². The Balaban J connectivity index is 2.53. The SMILES string of the molecule is C=CCC(NC(=O)Cc1csc(N)n1)C(=O)O. The predicted molar refractivity (Wildman–Crippen MR) is 64.6 cm³/mol. The van der Waals surface area contributed by atoms with Gasteiger partial charge in [-0.05, 0) is 6.42 Å². The zero-order valence-corrected chi connectivity index (χ0v) is 9.87. The monoisotopic (exact) mass is 255 g/mol. The largest absolute Gasteiger partial charge is 0.480 e. The van der Waals surface area contributed by atoms with Gasteiger partial charge in [0.15, 0.2) is 5.13 Å². The van der Waals surface area contributed by atoms with Crippen molar-refractivity contribution in [2.75, 3.05) is 5.73 Å². The fourth-order valence-corrected chi connectivity index (χ4v) is 1.76. The second kappa shape index (κ2) is 6.00. The number of rotatable bonds is 6. The Labute approximate surface area is 102 Å². The Morgan fingerprint density at radius 2 is 2.41 bits per heavy atom. The summed E-state index contributed by atoms with van der Waals surface area (Å²) in [6.45, 7) is 3.44. The summed E-state index contributed by atoms with van der Waals surface area (Å²) in [7, 11) is 0. The normalized spacial score (nSPS) is 11.8. The number of nitrogens with one attached hydrogen (secondary N) is 1. The van der Waals surface area contributed by atoms with Crippen molar-refractivity contribution in [3.63, 3.8) is 0 Å². The third kappa shape index (κ3) is 4.23. The molecule has 92 valence electrons. The highest BCUT2D eigenvalue weighted by Crippen LogP contribution is 2.11. The van der Waals surface area contributed by atoms with E-state index in [0.29, 0.717) is 10.8 Å². The molecule has 0 bridgehead atoms. The van der Waals surface area contributed by atoms with Crippen LogP contribution >= 0.6 is 11.3 Å². The molecule has 0 saturated carbocycles. The molecule has 0 aliphatic carbocycles. The quantitative estimate of drug-likeness (QED) is 0.639. The highest BCUT2D eigenvalue weighted by molar-refractivity contribution is 7.13. The lowest BCUT2D eigenvalue weighted by Crippen LogP contribution is -2.41. The van der Waals surface area contributed by atoms with Crippen LogP contribution in [0, 0.1) is 0 Å². The molecule has 0 fully saturated rings. The van der Waals surface area contributed by atoms with Crippen LogP contribution in [0.25, 0.3) is 0 Å². The van der Waals surface area contributed by atoms with Crippen LogP contribution in [-0.4, -0.2) is 28.0 Å². The van der Waals surface area contributed by atoms with Gasteiger partial charge in [0, 0.05) is 5.38 Å². The van der Waals surface area contributed by atoms with Crippen LogP contribution in [0.4, 0.5) is 5.13 Å². The molecule has 0 saturated heterocycles. The maximum absolute atomic E-state index is 11.5. The van der Waals surface area contributed by atoms with E-state index in [1.165, 1.54) is 17.4 Å². The maximum Gasteiger partial charge on any atom is 0.326 e. The number of aliphatic carboxylic acids is 1. The van der Waals surface area contributed by atoms with Crippen LogP contribution in [0.2, 0.25) is 0 Å². The molecule has 0 aromatic carbocycles. The minimum Gasteiger partial charge on any atom is -0.480 e. The molecule has 4 N–H and O–H groups in total. The van der Waals surface area contributed by atoms with Crippen molar-refractivity contribution >= 4 is 28.3 Å². The number of nitrogens with zero attached hydrogens (tertiary/aromatic N) is 1. The minimum absolute atomic E-state index is 0.0224. The number of thiazole rings is 1. The van der Waals surface area contributed by atoms with Crippen LogP contribution < -0.4 is 11.1 Å². The van der Waals surface area contributed by atoms with Gasteiger partial charge < -0.3 is 16.2 Å². The number of carbonyl (C=O) groups is 2. The number of anilines is 1. The van der Waals surface area contributed by atoms with E-state index in [-0.39, 0.29) is 12.8 Å². The highest BCUT2D eigenvalue weighted by atomic mass is 32.1. The number of carbonyl (C=O) groups excluding carboxylic acids is 1. The molecule has 1 amide bonds. The first kappa shape index (κ1) is 13.2. The number of carboxylic acids is 1. The molecule has 1 unspecified atom stereocenters. The zero-order chi connectivity index (χ0) is 12.8. The minimum atomic E-state index is -1.09. The van der Waals surface area contributed by atoms with E-state index in [2.05, 4.69) is 16.9 Å². The number of amides is 1. The van der Waals surface area contributed by atoms with Gasteiger partial charge in [0.2, 0.25) is 5.91 Å². The predicted octanol–water partition coefficient (Wildman–Crippen LogP) is 0.413. The number of hydrogen-bond acceptors (Lipinski definition) is 5. The van der Waals surface area contributed by atoms with E-state index < -0.39 is 17.9 Å². The summed E-state index contributed by atoms with van der Waals surface area (Å²) >= 11 is 1.24. The summed E-state index contributed by atoms with van der Waals surface area (Å²) < 4.78 is 0. The maximum atomic E-state index is 11.5. The van der Waals surface area contributed by atoms with Crippen molar-refractivity contribution in [2.45, 2.75) is 18.9 Å². The fraction of sp³-hybridized carbons (Fsp3) is 0.300. The van der Waals surface area contributed by atoms with Crippen molar-refractivity contribution in [1.82, 2.24) is 10.3 Å². The first-order valence-corrected chi connectivity index (χ1v) is 5.74. The van der Waals surface area contributed by atoms with Gasteiger partial charge >= 0.3 is 5.97 Å². The van der Waals surface area contributed by atoms with Gasteiger partial charge in [-0.15, -0.1) is 17.9 Å². The molecule has 1 aromatic heterocycles. The lowest BCUT2D eigenvalue weighted by Gasteiger charge is -2.11. The molecule has 0 aliphatic heterocycles. The molecule has 0 aliphatic rings. The molecular formula is C10H13N3O3S. The van der Waals surface area contributed by atoms with Gasteiger partial charge in [-0.1, -0.05) is 6.08 Å². The fourth-order valence-electron chi connectivity index (χ4n) is 1.20. The summed E-state index contributed by atoms with van der Waals surface area (Å²) in [4.78, 5) is 26.2. The van der Waals surface area contributed by atoms with E-state index in [0.717, 1.165) is 0 Å². The number of nitrogen functional groups attached to an aromatic ring is 1. The molecule has 1 aromatic rings. The van der Waals surface area contributed by atoms with Crippen molar-refractivity contribution in [1.29, 1.82) is 0 Å². The first-order chi connectivity index (χ1) is 8.02. The van der Waals surface area contributed by atoms with Crippen molar-refractivity contribution < 1.29 is 14.7 Å². The Morgan fingerprint density at radius 1 is 1.71 bits per heavy atom. The van der Waals surface area contributed by atoms with E-state index >= 15 is 0 Å². The average Bonchev–Trinajstić information content (AvgIpc) is 2.63. The Kier molecular flexibility index (Phi) is 4.65. The Bertz CT molecular complexity index is 430. The number of hydrogen-bond donors (Lipinski definition) is 3. The summed E-state index contributed by atoms with van der Waals surface area (Å²) in [5.74, 6) is -1.49. The van der Waals surface area contributed by atoms with Gasteiger partial charge in [-0.3, -0.25) is 4.79 Å². The molecule has 1 atom stereocenters.